The molecule has 0 radical (unpaired) electrons. The number of aromatic nitrogens is 4. The van der Waals surface area contributed by atoms with Crippen LogP contribution in [0.2, 0.25) is 0 Å². The molecule has 0 saturated heterocycles. The minimum absolute atomic E-state index is 0.498. The molecule has 2 aromatic rings. The molecule has 0 bridgehead atoms. The first kappa shape index (κ1) is 9.89. The highest BCUT2D eigenvalue weighted by Crippen LogP contribution is 2.16. The van der Waals surface area contributed by atoms with E-state index in [1.54, 1.807) is 4.52 Å². The summed E-state index contributed by atoms with van der Waals surface area (Å²) in [6, 6.07) is 0. The van der Waals surface area contributed by atoms with Crippen LogP contribution in [-0.2, 0) is 6.42 Å². The number of nitrogens with zero attached hydrogens (tertiary/aromatic N) is 4. The van der Waals surface area contributed by atoms with Gasteiger partial charge in [0.2, 0.25) is 0 Å². The van der Waals surface area contributed by atoms with Crippen LogP contribution in [0.15, 0.2) is 6.33 Å². The lowest BCUT2D eigenvalue weighted by atomic mass is 10.2. The Morgan fingerprint density at radius 2 is 2.27 bits per heavy atom. The lowest BCUT2D eigenvalue weighted by Crippen LogP contribution is -2.02. The zero-order valence-corrected chi connectivity index (χ0v) is 9.06. The maximum absolute atomic E-state index is 5.79. The van der Waals surface area contributed by atoms with E-state index in [1.807, 2.05) is 6.92 Å². The number of nitrogens with two attached hydrogens (primary N) is 1. The zero-order valence-electron chi connectivity index (χ0n) is 9.06. The number of rotatable bonds is 3. The molecular weight excluding hydrogens is 190 g/mol. The van der Waals surface area contributed by atoms with E-state index >= 15 is 0 Å². The number of nitrogen functional groups attached to an aromatic ring is 1. The minimum atomic E-state index is 0.498. The summed E-state index contributed by atoms with van der Waals surface area (Å²) >= 11 is 0. The molecule has 0 spiro atoms. The average Bonchev–Trinajstić information content (AvgIpc) is 2.54. The number of imidazole rings is 1. The summed E-state index contributed by atoms with van der Waals surface area (Å²) < 4.78 is 1.80. The van der Waals surface area contributed by atoms with Gasteiger partial charge in [0.1, 0.15) is 17.7 Å². The summed E-state index contributed by atoms with van der Waals surface area (Å²) in [5.41, 5.74) is 7.53. The van der Waals surface area contributed by atoms with Gasteiger partial charge in [0.25, 0.3) is 0 Å². The Bertz CT molecular complexity index is 474. The second-order valence-corrected chi connectivity index (χ2v) is 3.62. The highest BCUT2D eigenvalue weighted by molar-refractivity contribution is 5.67. The van der Waals surface area contributed by atoms with E-state index in [0.717, 1.165) is 36.3 Å². The third kappa shape index (κ3) is 1.65. The van der Waals surface area contributed by atoms with Gasteiger partial charge in [0.15, 0.2) is 5.82 Å². The first-order chi connectivity index (χ1) is 7.24. The van der Waals surface area contributed by atoms with Gasteiger partial charge in [-0.1, -0.05) is 13.3 Å². The average molecular weight is 205 g/mol. The third-order valence-electron chi connectivity index (χ3n) is 2.46. The molecule has 0 aliphatic rings. The predicted octanol–water partition coefficient (Wildman–Crippen LogP) is 1.36. The second-order valence-electron chi connectivity index (χ2n) is 3.62. The van der Waals surface area contributed by atoms with E-state index in [4.69, 9.17) is 5.73 Å². The van der Waals surface area contributed by atoms with Crippen LogP contribution in [0.5, 0.6) is 0 Å². The van der Waals surface area contributed by atoms with E-state index in [-0.39, 0.29) is 0 Å². The molecule has 15 heavy (non-hydrogen) atoms. The second kappa shape index (κ2) is 3.84. The van der Waals surface area contributed by atoms with Crippen molar-refractivity contribution in [3.05, 3.63) is 17.8 Å². The van der Waals surface area contributed by atoms with Gasteiger partial charge in [-0.2, -0.15) is 5.10 Å². The van der Waals surface area contributed by atoms with Gasteiger partial charge < -0.3 is 5.73 Å². The minimum Gasteiger partial charge on any atom is -0.382 e. The van der Waals surface area contributed by atoms with Gasteiger partial charge in [-0.3, -0.25) is 0 Å². The summed E-state index contributed by atoms with van der Waals surface area (Å²) in [7, 11) is 0. The van der Waals surface area contributed by atoms with Crippen molar-refractivity contribution >= 4 is 11.3 Å². The molecule has 0 aliphatic carbocycles. The molecule has 0 unspecified atom stereocenters. The van der Waals surface area contributed by atoms with Crippen molar-refractivity contribution in [3.8, 4) is 0 Å². The van der Waals surface area contributed by atoms with Crippen LogP contribution >= 0.6 is 0 Å². The Labute approximate surface area is 88.3 Å². The normalized spacial score (nSPS) is 11.1. The van der Waals surface area contributed by atoms with E-state index in [1.165, 1.54) is 6.33 Å². The Kier molecular flexibility index (Phi) is 2.53. The van der Waals surface area contributed by atoms with Crippen molar-refractivity contribution in [2.75, 3.05) is 5.73 Å². The van der Waals surface area contributed by atoms with Crippen LogP contribution in [0.3, 0.4) is 0 Å². The van der Waals surface area contributed by atoms with Gasteiger partial charge in [-0.25, -0.2) is 14.5 Å². The fraction of sp³-hybridized carbons (Fsp3) is 0.500. The van der Waals surface area contributed by atoms with Crippen molar-refractivity contribution in [1.29, 1.82) is 0 Å². The first-order valence-electron chi connectivity index (χ1n) is 5.18. The zero-order chi connectivity index (χ0) is 10.8. The Balaban J connectivity index is 2.53. The van der Waals surface area contributed by atoms with E-state index in [0.29, 0.717) is 5.82 Å². The summed E-state index contributed by atoms with van der Waals surface area (Å²) in [5.74, 6) is 1.47. The van der Waals surface area contributed by atoms with E-state index in [2.05, 4.69) is 22.0 Å². The lowest BCUT2D eigenvalue weighted by molar-refractivity contribution is 0.719. The van der Waals surface area contributed by atoms with Crippen LogP contribution in [-0.4, -0.2) is 19.6 Å². The van der Waals surface area contributed by atoms with Crippen LogP contribution in [0.4, 0.5) is 5.82 Å². The smallest absolute Gasteiger partial charge is 0.153 e. The molecule has 0 fully saturated rings. The molecular formula is C10H15N5. The standard InChI is InChI=1S/C10H15N5/c1-3-4-5-8-14-7(2)9-10(11)12-6-13-15(8)9/h6H,3-5H2,1-2H3,(H2,11,12,13). The van der Waals surface area contributed by atoms with Crippen molar-refractivity contribution in [3.63, 3.8) is 0 Å². The van der Waals surface area contributed by atoms with Crippen LogP contribution in [0.25, 0.3) is 5.52 Å². The molecule has 0 saturated carbocycles. The molecule has 5 heteroatoms. The molecule has 2 aromatic heterocycles. The molecule has 5 nitrogen and oxygen atoms in total. The summed E-state index contributed by atoms with van der Waals surface area (Å²) in [5, 5.41) is 4.18. The Morgan fingerprint density at radius 3 is 3.00 bits per heavy atom. The highest BCUT2D eigenvalue weighted by atomic mass is 15.3. The van der Waals surface area contributed by atoms with E-state index in [9.17, 15) is 0 Å². The molecule has 2 heterocycles. The predicted molar refractivity (Wildman–Crippen MR) is 58.5 cm³/mol. The van der Waals surface area contributed by atoms with Gasteiger partial charge in [-0.05, 0) is 13.3 Å². The van der Waals surface area contributed by atoms with Crippen molar-refractivity contribution in [2.24, 2.45) is 0 Å². The molecule has 0 aromatic carbocycles. The third-order valence-corrected chi connectivity index (χ3v) is 2.46. The van der Waals surface area contributed by atoms with Gasteiger partial charge in [0.05, 0.1) is 5.69 Å². The molecule has 2 N–H and O–H groups in total. The topological polar surface area (TPSA) is 69.1 Å². The number of anilines is 1. The summed E-state index contributed by atoms with van der Waals surface area (Å²) in [6.45, 7) is 4.09. The van der Waals surface area contributed by atoms with Gasteiger partial charge in [0, 0.05) is 6.42 Å². The number of aryl methyl sites for hydroxylation is 2. The fourth-order valence-electron chi connectivity index (χ4n) is 1.69. The molecule has 0 amide bonds. The number of hydrogen-bond donors (Lipinski definition) is 1. The molecule has 80 valence electrons. The monoisotopic (exact) mass is 205 g/mol. The Morgan fingerprint density at radius 1 is 1.47 bits per heavy atom. The number of unbranched alkanes of at least 4 members (excludes halogenated alkanes) is 1. The Hall–Kier alpha value is -1.65. The van der Waals surface area contributed by atoms with Crippen molar-refractivity contribution in [2.45, 2.75) is 33.1 Å². The first-order valence-corrected chi connectivity index (χ1v) is 5.18. The van der Waals surface area contributed by atoms with Gasteiger partial charge in [-0.15, -0.1) is 0 Å². The maximum atomic E-state index is 5.79. The molecule has 0 atom stereocenters. The van der Waals surface area contributed by atoms with Crippen LogP contribution < -0.4 is 5.73 Å². The van der Waals surface area contributed by atoms with Crippen LogP contribution in [0, 0.1) is 6.92 Å². The van der Waals surface area contributed by atoms with Crippen molar-refractivity contribution < 1.29 is 0 Å². The lowest BCUT2D eigenvalue weighted by Gasteiger charge is -1.99. The highest BCUT2D eigenvalue weighted by Gasteiger charge is 2.11. The number of hydrogen-bond acceptors (Lipinski definition) is 4. The molecule has 2 rings (SSSR count). The quantitative estimate of drug-likeness (QED) is 0.821. The maximum Gasteiger partial charge on any atom is 0.153 e. The van der Waals surface area contributed by atoms with E-state index < -0.39 is 0 Å². The van der Waals surface area contributed by atoms with Crippen LogP contribution in [0.1, 0.15) is 31.3 Å². The largest absolute Gasteiger partial charge is 0.382 e. The summed E-state index contributed by atoms with van der Waals surface area (Å²) in [4.78, 5) is 8.44. The summed E-state index contributed by atoms with van der Waals surface area (Å²) in [6.07, 6.45) is 4.66. The number of fused-ring (bicyclic) bond motifs is 1. The molecule has 0 aliphatic heterocycles. The van der Waals surface area contributed by atoms with Crippen molar-refractivity contribution in [1.82, 2.24) is 19.6 Å². The fourth-order valence-corrected chi connectivity index (χ4v) is 1.69. The van der Waals surface area contributed by atoms with Gasteiger partial charge >= 0.3 is 0 Å². The SMILES string of the molecule is CCCCc1nc(C)c2c(N)ncnn12.